The number of thioether (sulfide) groups is 2. The summed E-state index contributed by atoms with van der Waals surface area (Å²) in [7, 11) is 0. The molecule has 0 aliphatic carbocycles. The number of amides is 1. The lowest BCUT2D eigenvalue weighted by molar-refractivity contribution is -0.120. The molecule has 0 saturated carbocycles. The molecule has 0 aliphatic heterocycles. The van der Waals surface area contributed by atoms with Crippen molar-refractivity contribution in [3.05, 3.63) is 54.7 Å². The summed E-state index contributed by atoms with van der Waals surface area (Å²) in [5.74, 6) is 0.899. The molecule has 21 heavy (non-hydrogen) atoms. The molecule has 2 rings (SSSR count). The van der Waals surface area contributed by atoms with E-state index in [0.29, 0.717) is 6.54 Å². The fourth-order valence-electron chi connectivity index (χ4n) is 1.66. The average Bonchev–Trinajstić information content (AvgIpc) is 2.53. The van der Waals surface area contributed by atoms with E-state index >= 15 is 0 Å². The standard InChI is InChI=1S/C16H18N2OS2/c1-13(21-14-7-3-2-4-8-14)16(19)18-11-12-20-15-9-5-6-10-17-15/h2-10,13H,11-12H2,1H3,(H,18,19)/t13-/m0/s1. The second-order valence-electron chi connectivity index (χ2n) is 4.38. The first-order valence-corrected chi connectivity index (χ1v) is 8.65. The van der Waals surface area contributed by atoms with E-state index in [-0.39, 0.29) is 11.2 Å². The summed E-state index contributed by atoms with van der Waals surface area (Å²) in [5.41, 5.74) is 0. The predicted octanol–water partition coefficient (Wildman–Crippen LogP) is 3.47. The zero-order valence-electron chi connectivity index (χ0n) is 11.9. The third kappa shape index (κ3) is 5.81. The van der Waals surface area contributed by atoms with Crippen LogP contribution in [0, 0.1) is 0 Å². The Hall–Kier alpha value is -1.46. The van der Waals surface area contributed by atoms with Gasteiger partial charge in [0.05, 0.1) is 10.3 Å². The van der Waals surface area contributed by atoms with Crippen molar-refractivity contribution in [1.29, 1.82) is 0 Å². The van der Waals surface area contributed by atoms with Crippen LogP contribution in [0.15, 0.2) is 64.6 Å². The van der Waals surface area contributed by atoms with Gasteiger partial charge in [0.15, 0.2) is 0 Å². The second kappa shape index (κ2) is 8.74. The highest BCUT2D eigenvalue weighted by molar-refractivity contribution is 8.00. The van der Waals surface area contributed by atoms with Crippen LogP contribution >= 0.6 is 23.5 Å². The van der Waals surface area contributed by atoms with Crippen LogP contribution in [0.25, 0.3) is 0 Å². The van der Waals surface area contributed by atoms with Crippen LogP contribution in [0.5, 0.6) is 0 Å². The van der Waals surface area contributed by atoms with E-state index < -0.39 is 0 Å². The van der Waals surface area contributed by atoms with Gasteiger partial charge in [-0.3, -0.25) is 4.79 Å². The minimum Gasteiger partial charge on any atom is -0.354 e. The van der Waals surface area contributed by atoms with Crippen LogP contribution in [0.4, 0.5) is 0 Å². The molecule has 1 N–H and O–H groups in total. The minimum absolute atomic E-state index is 0.0745. The van der Waals surface area contributed by atoms with E-state index in [1.807, 2.05) is 55.5 Å². The lowest BCUT2D eigenvalue weighted by atomic mass is 10.4. The molecular weight excluding hydrogens is 300 g/mol. The third-order valence-corrected chi connectivity index (χ3v) is 4.77. The van der Waals surface area contributed by atoms with Gasteiger partial charge in [-0.15, -0.1) is 23.5 Å². The quantitative estimate of drug-likeness (QED) is 0.627. The average molecular weight is 318 g/mol. The Morgan fingerprint density at radius 1 is 1.19 bits per heavy atom. The first-order valence-electron chi connectivity index (χ1n) is 6.79. The van der Waals surface area contributed by atoms with Crippen molar-refractivity contribution < 1.29 is 4.79 Å². The molecule has 5 heteroatoms. The summed E-state index contributed by atoms with van der Waals surface area (Å²) < 4.78 is 0. The van der Waals surface area contributed by atoms with Crippen LogP contribution in [-0.4, -0.2) is 28.4 Å². The molecular formula is C16H18N2OS2. The zero-order valence-corrected chi connectivity index (χ0v) is 13.5. The molecule has 110 valence electrons. The Morgan fingerprint density at radius 3 is 2.67 bits per heavy atom. The van der Waals surface area contributed by atoms with Gasteiger partial charge in [-0.05, 0) is 31.2 Å². The molecule has 1 aromatic heterocycles. The molecule has 0 fully saturated rings. The van der Waals surface area contributed by atoms with Crippen LogP contribution in [-0.2, 0) is 4.79 Å². The van der Waals surface area contributed by atoms with Gasteiger partial charge < -0.3 is 5.32 Å². The van der Waals surface area contributed by atoms with Crippen molar-refractivity contribution in [3.63, 3.8) is 0 Å². The third-order valence-electron chi connectivity index (χ3n) is 2.71. The maximum atomic E-state index is 12.0. The van der Waals surface area contributed by atoms with E-state index in [0.717, 1.165) is 15.7 Å². The van der Waals surface area contributed by atoms with Crippen molar-refractivity contribution in [3.8, 4) is 0 Å². The first-order chi connectivity index (χ1) is 10.3. The lowest BCUT2D eigenvalue weighted by Crippen LogP contribution is -2.32. The molecule has 1 amide bonds. The zero-order chi connectivity index (χ0) is 14.9. The number of carbonyl (C=O) groups excluding carboxylic acids is 1. The van der Waals surface area contributed by atoms with E-state index in [1.165, 1.54) is 0 Å². The number of aromatic nitrogens is 1. The second-order valence-corrected chi connectivity index (χ2v) is 6.91. The Labute approximate surface area is 133 Å². The largest absolute Gasteiger partial charge is 0.354 e. The molecule has 0 spiro atoms. The van der Waals surface area contributed by atoms with Crippen molar-refractivity contribution in [2.75, 3.05) is 12.3 Å². The monoisotopic (exact) mass is 318 g/mol. The van der Waals surface area contributed by atoms with E-state index in [1.54, 1.807) is 29.7 Å². The van der Waals surface area contributed by atoms with Crippen LogP contribution in [0.2, 0.25) is 0 Å². The molecule has 0 unspecified atom stereocenters. The Morgan fingerprint density at radius 2 is 1.95 bits per heavy atom. The van der Waals surface area contributed by atoms with Gasteiger partial charge in [-0.25, -0.2) is 4.98 Å². The first kappa shape index (κ1) is 15.9. The lowest BCUT2D eigenvalue weighted by Gasteiger charge is -2.11. The van der Waals surface area contributed by atoms with Crippen molar-refractivity contribution in [2.24, 2.45) is 0 Å². The summed E-state index contributed by atoms with van der Waals surface area (Å²) in [4.78, 5) is 17.3. The highest BCUT2D eigenvalue weighted by atomic mass is 32.2. The maximum absolute atomic E-state index is 12.0. The number of nitrogens with zero attached hydrogens (tertiary/aromatic N) is 1. The number of pyridine rings is 1. The Balaban J connectivity index is 1.67. The normalized spacial score (nSPS) is 11.9. The minimum atomic E-state index is -0.0905. The topological polar surface area (TPSA) is 42.0 Å². The summed E-state index contributed by atoms with van der Waals surface area (Å²) in [6.07, 6.45) is 1.78. The van der Waals surface area contributed by atoms with Gasteiger partial charge in [0.25, 0.3) is 0 Å². The van der Waals surface area contributed by atoms with Gasteiger partial charge in [-0.2, -0.15) is 0 Å². The summed E-state index contributed by atoms with van der Waals surface area (Å²) >= 11 is 3.22. The molecule has 1 aromatic carbocycles. The highest BCUT2D eigenvalue weighted by Gasteiger charge is 2.13. The molecule has 2 aromatic rings. The van der Waals surface area contributed by atoms with E-state index in [4.69, 9.17) is 0 Å². The molecule has 0 radical (unpaired) electrons. The highest BCUT2D eigenvalue weighted by Crippen LogP contribution is 2.22. The Kier molecular flexibility index (Phi) is 6.63. The van der Waals surface area contributed by atoms with Crippen LogP contribution in [0.3, 0.4) is 0 Å². The van der Waals surface area contributed by atoms with Crippen LogP contribution in [0.1, 0.15) is 6.92 Å². The number of benzene rings is 1. The molecule has 0 saturated heterocycles. The fraction of sp³-hybridized carbons (Fsp3) is 0.250. The molecule has 0 bridgehead atoms. The number of hydrogen-bond donors (Lipinski definition) is 1. The van der Waals surface area contributed by atoms with Crippen LogP contribution < -0.4 is 5.32 Å². The van der Waals surface area contributed by atoms with Gasteiger partial charge in [0.1, 0.15) is 0 Å². The molecule has 1 heterocycles. The Bertz CT molecular complexity index is 549. The van der Waals surface area contributed by atoms with E-state index in [9.17, 15) is 4.79 Å². The number of hydrogen-bond acceptors (Lipinski definition) is 4. The van der Waals surface area contributed by atoms with E-state index in [2.05, 4.69) is 10.3 Å². The molecule has 1 atom stereocenters. The predicted molar refractivity (Wildman–Crippen MR) is 89.7 cm³/mol. The number of carbonyl (C=O) groups is 1. The SMILES string of the molecule is C[C@H](Sc1ccccc1)C(=O)NCCSc1ccccn1. The summed E-state index contributed by atoms with van der Waals surface area (Å²) in [6, 6.07) is 15.8. The van der Waals surface area contributed by atoms with Crippen molar-refractivity contribution in [1.82, 2.24) is 10.3 Å². The summed E-state index contributed by atoms with van der Waals surface area (Å²) in [5, 5.41) is 3.86. The molecule has 3 nitrogen and oxygen atoms in total. The smallest absolute Gasteiger partial charge is 0.233 e. The summed E-state index contributed by atoms with van der Waals surface area (Å²) in [6.45, 7) is 2.58. The van der Waals surface area contributed by atoms with Gasteiger partial charge in [0.2, 0.25) is 5.91 Å². The van der Waals surface area contributed by atoms with Gasteiger partial charge >= 0.3 is 0 Å². The maximum Gasteiger partial charge on any atom is 0.233 e. The van der Waals surface area contributed by atoms with Crippen molar-refractivity contribution >= 4 is 29.4 Å². The van der Waals surface area contributed by atoms with Crippen molar-refractivity contribution in [2.45, 2.75) is 22.1 Å². The van der Waals surface area contributed by atoms with Gasteiger partial charge in [-0.1, -0.05) is 24.3 Å². The molecule has 0 aliphatic rings. The number of rotatable bonds is 7. The fourth-order valence-corrected chi connectivity index (χ4v) is 3.30. The number of nitrogens with one attached hydrogen (secondary N) is 1. The van der Waals surface area contributed by atoms with Gasteiger partial charge in [0, 0.05) is 23.4 Å².